The Morgan fingerprint density at radius 2 is 1.55 bits per heavy atom. The number of ether oxygens (including phenoxy) is 1. The first-order valence-electron chi connectivity index (χ1n) is 16.1. The van der Waals surface area contributed by atoms with Crippen LogP contribution in [0.4, 0.5) is 16.5 Å². The zero-order chi connectivity index (χ0) is 37.2. The van der Waals surface area contributed by atoms with Crippen LogP contribution in [0.25, 0.3) is 17.3 Å². The largest absolute Gasteiger partial charge is 0.496 e. The van der Waals surface area contributed by atoms with Gasteiger partial charge in [-0.3, -0.25) is 24.5 Å². The maximum Gasteiger partial charge on any atom is 0.272 e. The number of benzene rings is 5. The maximum atomic E-state index is 13.7. The number of rotatable bonds is 13. The van der Waals surface area contributed by atoms with E-state index in [1.54, 1.807) is 96.4 Å². The average Bonchev–Trinajstić information content (AvgIpc) is 3.66. The maximum absolute atomic E-state index is 13.7. The van der Waals surface area contributed by atoms with E-state index in [-0.39, 0.29) is 17.3 Å². The predicted octanol–water partition coefficient (Wildman–Crippen LogP) is 8.61. The van der Waals surface area contributed by atoms with Crippen LogP contribution in [0, 0.1) is 10.1 Å². The summed E-state index contributed by atoms with van der Waals surface area (Å²) in [5, 5.41) is 21.2. The number of carbonyl (C=O) groups is 3. The quantitative estimate of drug-likeness (QED) is 0.0461. The number of nitrogens with zero attached hydrogens (tertiary/aromatic N) is 2. The average molecular weight is 742 g/mol. The van der Waals surface area contributed by atoms with Crippen LogP contribution in [-0.2, 0) is 9.59 Å². The Kier molecular flexibility index (Phi) is 11.7. The third-order valence-corrected chi connectivity index (χ3v) is 9.79. The zero-order valence-electron chi connectivity index (χ0n) is 28.1. The second-order valence-corrected chi connectivity index (χ2v) is 13.4. The van der Waals surface area contributed by atoms with Crippen LogP contribution < -0.4 is 20.7 Å². The van der Waals surface area contributed by atoms with Gasteiger partial charge in [0, 0.05) is 44.8 Å². The van der Waals surface area contributed by atoms with Crippen molar-refractivity contribution in [2.75, 3.05) is 17.7 Å². The number of nitrogens with one attached hydrogen (secondary N) is 3. The molecule has 6 rings (SSSR count). The molecule has 5 aromatic carbocycles. The Morgan fingerprint density at radius 1 is 0.849 bits per heavy atom. The van der Waals surface area contributed by atoms with Gasteiger partial charge < -0.3 is 20.7 Å². The molecule has 1 atom stereocenters. The van der Waals surface area contributed by atoms with Gasteiger partial charge in [-0.25, -0.2) is 4.98 Å². The van der Waals surface area contributed by atoms with E-state index in [9.17, 15) is 24.5 Å². The van der Waals surface area contributed by atoms with Crippen LogP contribution in [0.2, 0.25) is 0 Å². The summed E-state index contributed by atoms with van der Waals surface area (Å²) in [5.74, 6) is -0.770. The molecule has 0 aliphatic rings. The van der Waals surface area contributed by atoms with E-state index in [0.717, 1.165) is 10.5 Å². The highest BCUT2D eigenvalue weighted by molar-refractivity contribution is 8.00. The molecule has 11 nitrogen and oxygen atoms in total. The van der Waals surface area contributed by atoms with E-state index in [1.165, 1.54) is 42.3 Å². The molecule has 0 bridgehead atoms. The molecule has 1 heterocycles. The molecule has 1 unspecified atom stereocenters. The third kappa shape index (κ3) is 9.41. The van der Waals surface area contributed by atoms with Gasteiger partial charge in [0.1, 0.15) is 16.7 Å². The Hall–Kier alpha value is -6.57. The lowest BCUT2D eigenvalue weighted by Gasteiger charge is -2.17. The summed E-state index contributed by atoms with van der Waals surface area (Å²) in [4.78, 5) is 56.4. The van der Waals surface area contributed by atoms with Crippen LogP contribution in [0.1, 0.15) is 26.7 Å². The van der Waals surface area contributed by atoms with Crippen molar-refractivity contribution in [2.45, 2.75) is 10.1 Å². The van der Waals surface area contributed by atoms with Gasteiger partial charge >= 0.3 is 0 Å². The number of hydrogen-bond donors (Lipinski definition) is 3. The Morgan fingerprint density at radius 3 is 2.26 bits per heavy atom. The molecule has 13 heteroatoms. The molecular formula is C40H31N5O6S2. The normalized spacial score (nSPS) is 11.6. The monoisotopic (exact) mass is 741 g/mol. The molecule has 0 aliphatic heterocycles. The standard InChI is InChI=1S/C40H31N5O6S2/c1-51-35-18-9-8-15-29(35)24-33(42-37(46)27-13-6-3-7-14-27)38(47)41-30-19-21-32(22-20-30)53-36(26-11-4-2-5-12-26)39(48)44-40-43-34(25-52-40)28-16-10-17-31(23-28)45(49)50/h2-25,36H,1H3,(H,41,47)(H,42,46)(H,43,44,48)/b33-24-. The lowest BCUT2D eigenvalue weighted by Crippen LogP contribution is -2.30. The number of thiazole rings is 1. The summed E-state index contributed by atoms with van der Waals surface area (Å²) < 4.78 is 5.45. The number of methoxy groups -OCH3 is 1. The zero-order valence-corrected chi connectivity index (χ0v) is 29.7. The van der Waals surface area contributed by atoms with Gasteiger partial charge in [0.05, 0.1) is 17.7 Å². The van der Waals surface area contributed by atoms with Crippen LogP contribution in [0.15, 0.2) is 149 Å². The topological polar surface area (TPSA) is 153 Å². The summed E-state index contributed by atoms with van der Waals surface area (Å²) in [5.41, 5.74) is 3.27. The summed E-state index contributed by atoms with van der Waals surface area (Å²) >= 11 is 2.54. The highest BCUT2D eigenvalue weighted by atomic mass is 32.2. The van der Waals surface area contributed by atoms with E-state index in [2.05, 4.69) is 20.9 Å². The van der Waals surface area contributed by atoms with Crippen molar-refractivity contribution in [3.05, 3.63) is 171 Å². The molecule has 1 aromatic heterocycles. The molecule has 3 amide bonds. The van der Waals surface area contributed by atoms with Crippen LogP contribution in [-0.4, -0.2) is 34.7 Å². The highest BCUT2D eigenvalue weighted by Gasteiger charge is 2.24. The summed E-state index contributed by atoms with van der Waals surface area (Å²) in [7, 11) is 1.53. The second kappa shape index (κ2) is 17.1. The van der Waals surface area contributed by atoms with Crippen molar-refractivity contribution in [1.82, 2.24) is 10.3 Å². The Bertz CT molecular complexity index is 2280. The Labute approximate surface area is 312 Å². The molecular weight excluding hydrogens is 711 g/mol. The van der Waals surface area contributed by atoms with E-state index >= 15 is 0 Å². The number of amides is 3. The molecule has 6 aromatic rings. The lowest BCUT2D eigenvalue weighted by molar-refractivity contribution is -0.384. The molecule has 3 N–H and O–H groups in total. The van der Waals surface area contributed by atoms with Gasteiger partial charge in [0.15, 0.2) is 5.13 Å². The first kappa shape index (κ1) is 36.2. The summed E-state index contributed by atoms with van der Waals surface area (Å²) in [6.45, 7) is 0. The van der Waals surface area contributed by atoms with E-state index in [0.29, 0.717) is 39.0 Å². The minimum atomic E-state index is -0.662. The molecule has 0 spiro atoms. The van der Waals surface area contributed by atoms with Crippen molar-refractivity contribution in [2.24, 2.45) is 0 Å². The number of nitro benzene ring substituents is 1. The van der Waals surface area contributed by atoms with E-state index in [4.69, 9.17) is 4.74 Å². The lowest BCUT2D eigenvalue weighted by atomic mass is 10.1. The van der Waals surface area contributed by atoms with Crippen LogP contribution >= 0.6 is 23.1 Å². The predicted molar refractivity (Wildman–Crippen MR) is 208 cm³/mol. The number of nitro groups is 1. The van der Waals surface area contributed by atoms with Gasteiger partial charge in [-0.1, -0.05) is 78.9 Å². The fourth-order valence-electron chi connectivity index (χ4n) is 5.15. The van der Waals surface area contributed by atoms with Crippen molar-refractivity contribution >= 4 is 63.4 Å². The van der Waals surface area contributed by atoms with Crippen LogP contribution in [0.3, 0.4) is 0 Å². The number of para-hydroxylation sites is 1. The van der Waals surface area contributed by atoms with Crippen molar-refractivity contribution in [1.29, 1.82) is 0 Å². The van der Waals surface area contributed by atoms with Gasteiger partial charge in [-0.15, -0.1) is 23.1 Å². The fraction of sp³-hybridized carbons (Fsp3) is 0.0500. The first-order chi connectivity index (χ1) is 25.8. The van der Waals surface area contributed by atoms with Crippen LogP contribution in [0.5, 0.6) is 5.75 Å². The van der Waals surface area contributed by atoms with Crippen molar-refractivity contribution in [3.8, 4) is 17.0 Å². The van der Waals surface area contributed by atoms with Gasteiger partial charge in [0.2, 0.25) is 5.91 Å². The minimum absolute atomic E-state index is 0.0125. The molecule has 0 radical (unpaired) electrons. The molecule has 264 valence electrons. The van der Waals surface area contributed by atoms with Crippen molar-refractivity contribution in [3.63, 3.8) is 0 Å². The number of thioether (sulfide) groups is 1. The molecule has 0 saturated heterocycles. The van der Waals surface area contributed by atoms with E-state index in [1.807, 2.05) is 36.4 Å². The van der Waals surface area contributed by atoms with E-state index < -0.39 is 22.0 Å². The smallest absolute Gasteiger partial charge is 0.272 e. The fourth-order valence-corrected chi connectivity index (χ4v) is 6.90. The second-order valence-electron chi connectivity index (χ2n) is 11.3. The number of aromatic nitrogens is 1. The number of anilines is 2. The van der Waals surface area contributed by atoms with Crippen molar-refractivity contribution < 1.29 is 24.0 Å². The summed E-state index contributed by atoms with van der Waals surface area (Å²) in [6, 6.07) is 38.2. The first-order valence-corrected chi connectivity index (χ1v) is 17.9. The summed E-state index contributed by atoms with van der Waals surface area (Å²) in [6.07, 6.45) is 1.55. The number of carbonyl (C=O) groups excluding carboxylic acids is 3. The molecule has 0 fully saturated rings. The van der Waals surface area contributed by atoms with Gasteiger partial charge in [-0.05, 0) is 54.1 Å². The third-order valence-electron chi connectivity index (χ3n) is 7.76. The molecule has 0 saturated carbocycles. The minimum Gasteiger partial charge on any atom is -0.496 e. The number of non-ortho nitro benzene ring substituents is 1. The molecule has 0 aliphatic carbocycles. The SMILES string of the molecule is COc1ccccc1/C=C(\NC(=O)c1ccccc1)C(=O)Nc1ccc(SC(C(=O)Nc2nc(-c3cccc([N+](=O)[O-])c3)cs2)c2ccccc2)cc1. The van der Waals surface area contributed by atoms with Gasteiger partial charge in [0.25, 0.3) is 17.5 Å². The van der Waals surface area contributed by atoms with Gasteiger partial charge in [-0.2, -0.15) is 0 Å². The number of hydrogen-bond acceptors (Lipinski definition) is 9. The molecule has 53 heavy (non-hydrogen) atoms. The Balaban J connectivity index is 1.18. The highest BCUT2D eigenvalue weighted by Crippen LogP contribution is 2.37.